The largest absolute Gasteiger partial charge is 0.476 e. The van der Waals surface area contributed by atoms with Gasteiger partial charge in [-0.25, -0.2) is 4.79 Å². The number of Topliss-reactive ketones (excluding diaryl/α,β-unsaturated/α-hetero) is 1. The van der Waals surface area contributed by atoms with Crippen LogP contribution < -0.4 is 10.6 Å². The Balaban J connectivity index is 1.35. The van der Waals surface area contributed by atoms with Crippen molar-refractivity contribution in [1.82, 2.24) is 10.2 Å². The number of carbonyl (C=O) groups is 8. The van der Waals surface area contributed by atoms with E-state index in [1.54, 1.807) is 0 Å². The highest BCUT2D eigenvalue weighted by Gasteiger charge is 2.45. The van der Waals surface area contributed by atoms with Gasteiger partial charge in [0.25, 0.3) is 11.8 Å². The first-order chi connectivity index (χ1) is 19.1. The second kappa shape index (κ2) is 14.1. The number of aliphatic carboxylic acids is 1. The number of ether oxygens (including phenoxy) is 2. The highest BCUT2D eigenvalue weighted by molar-refractivity contribution is 6.32. The van der Waals surface area contributed by atoms with Crippen molar-refractivity contribution in [3.05, 3.63) is 29.3 Å². The van der Waals surface area contributed by atoms with Crippen molar-refractivity contribution >= 4 is 52.9 Å². The van der Waals surface area contributed by atoms with Crippen LogP contribution in [-0.4, -0.2) is 83.1 Å². The number of anilines is 1. The van der Waals surface area contributed by atoms with Crippen LogP contribution >= 0.6 is 0 Å². The number of carbonyl (C=O) groups excluding carboxylic acids is 7. The Bertz CT molecular complexity index is 1230. The molecule has 14 heteroatoms. The van der Waals surface area contributed by atoms with Crippen molar-refractivity contribution in [1.29, 1.82) is 0 Å². The minimum absolute atomic E-state index is 0.00521. The SMILES string of the molecule is O=C1CCC(N2C(=O)c3cccc(NC(=O)CCCCCOCCOC(=O)CCC(=O)C(=O)O)c3C2=O)C(=O)N1. The molecule has 0 bridgehead atoms. The monoisotopic (exact) mass is 559 g/mol. The standard InChI is InChI=1S/C26H29N3O11/c30-18(26(37)38)9-11-21(33)40-14-13-39-12-3-1-2-7-19(31)27-16-6-4-5-15-22(16)25(36)29(24(15)35)17-8-10-20(32)28-23(17)34/h4-6,17H,1-3,7-14H2,(H,27,31)(H,37,38)(H,28,32,34). The molecule has 5 amide bonds. The van der Waals surface area contributed by atoms with E-state index >= 15 is 0 Å². The van der Waals surface area contributed by atoms with E-state index in [1.807, 2.05) is 0 Å². The van der Waals surface area contributed by atoms with Gasteiger partial charge in [-0.3, -0.25) is 43.8 Å². The highest BCUT2D eigenvalue weighted by Crippen LogP contribution is 2.32. The third-order valence-electron chi connectivity index (χ3n) is 6.22. The molecule has 0 saturated carbocycles. The second-order valence-corrected chi connectivity index (χ2v) is 9.10. The number of rotatable bonds is 15. The maximum absolute atomic E-state index is 13.1. The van der Waals surface area contributed by atoms with Crippen LogP contribution in [-0.2, 0) is 38.2 Å². The third kappa shape index (κ3) is 7.79. The van der Waals surface area contributed by atoms with Gasteiger partial charge in [-0.1, -0.05) is 12.5 Å². The number of hydrogen-bond donors (Lipinski definition) is 3. The molecule has 14 nitrogen and oxygen atoms in total. The molecule has 40 heavy (non-hydrogen) atoms. The van der Waals surface area contributed by atoms with Crippen molar-refractivity contribution in [3.8, 4) is 0 Å². The summed E-state index contributed by atoms with van der Waals surface area (Å²) in [5.74, 6) is -6.26. The highest BCUT2D eigenvalue weighted by atomic mass is 16.6. The van der Waals surface area contributed by atoms with E-state index in [0.717, 1.165) is 4.90 Å². The molecule has 214 valence electrons. The molecule has 3 rings (SSSR count). The first kappa shape index (κ1) is 30.1. The molecule has 2 aliphatic heterocycles. The molecule has 2 heterocycles. The van der Waals surface area contributed by atoms with Crippen molar-refractivity contribution in [2.45, 2.75) is 57.4 Å². The number of benzene rings is 1. The van der Waals surface area contributed by atoms with Gasteiger partial charge in [-0.2, -0.15) is 0 Å². The molecular weight excluding hydrogens is 530 g/mol. The molecule has 1 atom stereocenters. The topological polar surface area (TPSA) is 203 Å². The van der Waals surface area contributed by atoms with Crippen molar-refractivity contribution in [3.63, 3.8) is 0 Å². The Morgan fingerprint density at radius 2 is 1.73 bits per heavy atom. The lowest BCUT2D eigenvalue weighted by Gasteiger charge is -2.27. The molecule has 0 spiro atoms. The van der Waals surface area contributed by atoms with E-state index in [9.17, 15) is 38.4 Å². The summed E-state index contributed by atoms with van der Waals surface area (Å²) in [6, 6.07) is 3.37. The maximum atomic E-state index is 13.1. The number of esters is 1. The van der Waals surface area contributed by atoms with E-state index < -0.39 is 53.8 Å². The molecule has 0 aromatic heterocycles. The molecule has 2 aliphatic rings. The van der Waals surface area contributed by atoms with Crippen LogP contribution in [0.5, 0.6) is 0 Å². The Morgan fingerprint density at radius 3 is 2.45 bits per heavy atom. The van der Waals surface area contributed by atoms with E-state index in [1.165, 1.54) is 18.2 Å². The Morgan fingerprint density at radius 1 is 0.950 bits per heavy atom. The van der Waals surface area contributed by atoms with Gasteiger partial charge in [0.1, 0.15) is 12.6 Å². The Labute approximate surface area is 228 Å². The summed E-state index contributed by atoms with van der Waals surface area (Å²) in [5.41, 5.74) is 0.248. The number of amides is 5. The van der Waals surface area contributed by atoms with Crippen LogP contribution in [0.4, 0.5) is 5.69 Å². The van der Waals surface area contributed by atoms with Crippen molar-refractivity contribution < 1.29 is 52.9 Å². The average molecular weight is 560 g/mol. The molecule has 0 radical (unpaired) electrons. The number of carboxylic acids is 1. The predicted octanol–water partition coefficient (Wildman–Crippen LogP) is 0.580. The molecule has 1 aromatic rings. The fourth-order valence-corrected chi connectivity index (χ4v) is 4.21. The zero-order valence-corrected chi connectivity index (χ0v) is 21.6. The first-order valence-corrected chi connectivity index (χ1v) is 12.7. The zero-order chi connectivity index (χ0) is 29.2. The Kier molecular flexibility index (Phi) is 10.6. The van der Waals surface area contributed by atoms with Crippen LogP contribution in [0.1, 0.15) is 72.1 Å². The zero-order valence-electron chi connectivity index (χ0n) is 21.6. The lowest BCUT2D eigenvalue weighted by molar-refractivity contribution is -0.151. The van der Waals surface area contributed by atoms with E-state index in [-0.39, 0.29) is 61.6 Å². The lowest BCUT2D eigenvalue weighted by atomic mass is 10.0. The van der Waals surface area contributed by atoms with Gasteiger partial charge >= 0.3 is 11.9 Å². The molecular formula is C26H29N3O11. The molecule has 0 aliphatic carbocycles. The minimum atomic E-state index is -1.60. The van der Waals surface area contributed by atoms with Gasteiger partial charge in [0.15, 0.2) is 0 Å². The first-order valence-electron chi connectivity index (χ1n) is 12.7. The number of carboxylic acid groups (broad SMARTS) is 1. The Hall–Kier alpha value is -4.46. The van der Waals surface area contributed by atoms with Crippen molar-refractivity contribution in [2.75, 3.05) is 25.1 Å². The van der Waals surface area contributed by atoms with Gasteiger partial charge in [-0.05, 0) is 31.4 Å². The summed E-state index contributed by atoms with van der Waals surface area (Å²) in [7, 11) is 0. The summed E-state index contributed by atoms with van der Waals surface area (Å²) in [5, 5.41) is 13.2. The number of nitrogens with zero attached hydrogens (tertiary/aromatic N) is 1. The quantitative estimate of drug-likeness (QED) is 0.117. The lowest BCUT2D eigenvalue weighted by Crippen LogP contribution is -2.54. The van der Waals surface area contributed by atoms with Gasteiger partial charge in [0, 0.05) is 25.9 Å². The molecule has 1 fully saturated rings. The van der Waals surface area contributed by atoms with Crippen LogP contribution in [0.3, 0.4) is 0 Å². The van der Waals surface area contributed by atoms with Gasteiger partial charge < -0.3 is 19.9 Å². The smallest absolute Gasteiger partial charge is 0.372 e. The summed E-state index contributed by atoms with van der Waals surface area (Å²) >= 11 is 0. The number of nitrogens with one attached hydrogen (secondary N) is 2. The van der Waals surface area contributed by atoms with Crippen molar-refractivity contribution in [2.24, 2.45) is 0 Å². The van der Waals surface area contributed by atoms with E-state index in [0.29, 0.717) is 25.9 Å². The number of piperidine rings is 1. The van der Waals surface area contributed by atoms with Gasteiger partial charge in [0.2, 0.25) is 23.5 Å². The second-order valence-electron chi connectivity index (χ2n) is 9.10. The number of hydrogen-bond acceptors (Lipinski definition) is 10. The summed E-state index contributed by atoms with van der Waals surface area (Å²) in [4.78, 5) is 95.7. The molecule has 3 N–H and O–H groups in total. The summed E-state index contributed by atoms with van der Waals surface area (Å²) in [6.45, 7) is 0.447. The van der Waals surface area contributed by atoms with Crippen LogP contribution in [0.25, 0.3) is 0 Å². The molecule has 1 unspecified atom stereocenters. The normalized spacial score (nSPS) is 16.4. The van der Waals surface area contributed by atoms with E-state index in [4.69, 9.17) is 14.6 Å². The predicted molar refractivity (Wildman–Crippen MR) is 134 cm³/mol. The average Bonchev–Trinajstić information content (AvgIpc) is 3.16. The molecule has 1 aromatic carbocycles. The fraction of sp³-hybridized carbons (Fsp3) is 0.462. The molecule has 1 saturated heterocycles. The fourth-order valence-electron chi connectivity index (χ4n) is 4.21. The van der Waals surface area contributed by atoms with Crippen LogP contribution in [0.15, 0.2) is 18.2 Å². The third-order valence-corrected chi connectivity index (χ3v) is 6.22. The van der Waals surface area contributed by atoms with Crippen LogP contribution in [0.2, 0.25) is 0 Å². The minimum Gasteiger partial charge on any atom is -0.476 e. The van der Waals surface area contributed by atoms with E-state index in [2.05, 4.69) is 10.6 Å². The number of imide groups is 2. The summed E-state index contributed by atoms with van der Waals surface area (Å²) in [6.07, 6.45) is 1.24. The summed E-state index contributed by atoms with van der Waals surface area (Å²) < 4.78 is 10.2. The number of ketones is 1. The number of fused-ring (bicyclic) bond motifs is 1. The van der Waals surface area contributed by atoms with Crippen LogP contribution in [0, 0.1) is 0 Å². The number of unbranched alkanes of at least 4 members (excludes halogenated alkanes) is 2. The van der Waals surface area contributed by atoms with Gasteiger partial charge in [0.05, 0.1) is 29.8 Å². The van der Waals surface area contributed by atoms with Gasteiger partial charge in [-0.15, -0.1) is 0 Å². The maximum Gasteiger partial charge on any atom is 0.372 e.